The van der Waals surface area contributed by atoms with Gasteiger partial charge in [0.25, 0.3) is 0 Å². The molecule has 3 rings (SSSR count). The summed E-state index contributed by atoms with van der Waals surface area (Å²) in [6.07, 6.45) is 1.98. The highest BCUT2D eigenvalue weighted by atomic mass is 32.2. The Labute approximate surface area is 125 Å². The number of ether oxygens (including phenoxy) is 1. The van der Waals surface area contributed by atoms with Gasteiger partial charge >= 0.3 is 0 Å². The number of rotatable bonds is 5. The summed E-state index contributed by atoms with van der Waals surface area (Å²) in [5.41, 5.74) is 0. The molecule has 1 aliphatic heterocycles. The highest BCUT2D eigenvalue weighted by Crippen LogP contribution is 2.26. The first-order chi connectivity index (χ1) is 10.2. The van der Waals surface area contributed by atoms with Crippen LogP contribution >= 0.6 is 11.8 Å². The summed E-state index contributed by atoms with van der Waals surface area (Å²) >= 11 is 1.25. The molecule has 2 N–H and O–H groups in total. The number of amides is 1. The first kappa shape index (κ1) is 14.1. The average molecular weight is 309 g/mol. The van der Waals surface area contributed by atoms with E-state index in [1.807, 2.05) is 0 Å². The van der Waals surface area contributed by atoms with E-state index in [0.717, 1.165) is 25.3 Å². The Bertz CT molecular complexity index is 620. The van der Waals surface area contributed by atoms with Crippen molar-refractivity contribution in [2.45, 2.75) is 31.0 Å². The minimum absolute atomic E-state index is 0.00113. The predicted octanol–water partition coefficient (Wildman–Crippen LogP) is 1.68. The Morgan fingerprint density at radius 3 is 3.24 bits per heavy atom. The third-order valence-electron chi connectivity index (χ3n) is 2.94. The van der Waals surface area contributed by atoms with Crippen molar-refractivity contribution in [3.8, 4) is 0 Å². The molecule has 3 heterocycles. The lowest BCUT2D eigenvalue weighted by Crippen LogP contribution is -2.14. The average Bonchev–Trinajstić information content (AvgIpc) is 3.17. The summed E-state index contributed by atoms with van der Waals surface area (Å²) in [4.78, 5) is 16.1. The monoisotopic (exact) mass is 309 g/mol. The number of carbonyl (C=O) groups is 1. The molecule has 1 fully saturated rings. The van der Waals surface area contributed by atoms with Crippen molar-refractivity contribution < 1.29 is 14.1 Å². The molecule has 1 unspecified atom stereocenters. The van der Waals surface area contributed by atoms with Crippen molar-refractivity contribution in [3.63, 3.8) is 0 Å². The maximum atomic E-state index is 11.8. The van der Waals surface area contributed by atoms with Crippen molar-refractivity contribution in [1.82, 2.24) is 20.3 Å². The molecule has 0 aliphatic carbocycles. The van der Waals surface area contributed by atoms with Crippen LogP contribution < -0.4 is 5.32 Å². The smallest absolute Gasteiger partial charge is 0.236 e. The number of aryl methyl sites for hydroxylation is 1. The topological polar surface area (TPSA) is 106 Å². The van der Waals surface area contributed by atoms with E-state index in [1.165, 1.54) is 11.8 Å². The quantitative estimate of drug-likeness (QED) is 0.809. The predicted molar refractivity (Wildman–Crippen MR) is 74.9 cm³/mol. The Kier molecular flexibility index (Phi) is 4.20. The minimum atomic E-state index is -0.184. The van der Waals surface area contributed by atoms with Crippen molar-refractivity contribution in [2.24, 2.45) is 0 Å². The van der Waals surface area contributed by atoms with Crippen LogP contribution in [0.3, 0.4) is 0 Å². The maximum absolute atomic E-state index is 11.8. The van der Waals surface area contributed by atoms with Crippen LogP contribution in [0.4, 0.5) is 5.82 Å². The number of hydrogen-bond acceptors (Lipinski definition) is 7. The van der Waals surface area contributed by atoms with Gasteiger partial charge in [0.2, 0.25) is 11.1 Å². The van der Waals surface area contributed by atoms with E-state index in [1.54, 1.807) is 13.0 Å². The van der Waals surface area contributed by atoms with Crippen molar-refractivity contribution in [3.05, 3.63) is 17.7 Å². The van der Waals surface area contributed by atoms with Crippen LogP contribution in [-0.2, 0) is 9.53 Å². The van der Waals surface area contributed by atoms with Crippen molar-refractivity contribution >= 4 is 23.5 Å². The van der Waals surface area contributed by atoms with Gasteiger partial charge in [0.15, 0.2) is 11.6 Å². The summed E-state index contributed by atoms with van der Waals surface area (Å²) in [5.74, 6) is 1.80. The fourth-order valence-electron chi connectivity index (χ4n) is 1.99. The largest absolute Gasteiger partial charge is 0.370 e. The highest BCUT2D eigenvalue weighted by molar-refractivity contribution is 7.99. The van der Waals surface area contributed by atoms with Gasteiger partial charge in [-0.05, 0) is 19.8 Å². The van der Waals surface area contributed by atoms with Gasteiger partial charge in [-0.25, -0.2) is 4.98 Å². The molecular formula is C12H15N5O3S. The van der Waals surface area contributed by atoms with Crippen LogP contribution in [0.5, 0.6) is 0 Å². The number of thioether (sulfide) groups is 1. The Morgan fingerprint density at radius 2 is 2.52 bits per heavy atom. The van der Waals surface area contributed by atoms with Gasteiger partial charge < -0.3 is 14.6 Å². The summed E-state index contributed by atoms with van der Waals surface area (Å²) in [5, 5.41) is 13.8. The van der Waals surface area contributed by atoms with E-state index in [0.29, 0.717) is 16.7 Å². The molecule has 9 heteroatoms. The van der Waals surface area contributed by atoms with Crippen LogP contribution in [0.2, 0.25) is 0 Å². The number of nitrogens with zero attached hydrogens (tertiary/aromatic N) is 3. The standard InChI is InChI=1S/C12H15N5O3S/c1-7-5-9(17-20-7)13-10(18)6-21-12-14-11(15-16-12)8-3-2-4-19-8/h5,8H,2-4,6H2,1H3,(H,13,17,18)(H,14,15,16). The number of carbonyl (C=O) groups excluding carboxylic acids is 1. The molecule has 0 bridgehead atoms. The third-order valence-corrected chi connectivity index (χ3v) is 3.79. The summed E-state index contributed by atoms with van der Waals surface area (Å²) in [6.45, 7) is 2.52. The van der Waals surface area contributed by atoms with Crippen LogP contribution in [0, 0.1) is 6.92 Å². The molecule has 1 atom stereocenters. The number of nitrogens with one attached hydrogen (secondary N) is 2. The Balaban J connectivity index is 1.49. The van der Waals surface area contributed by atoms with E-state index in [-0.39, 0.29) is 17.8 Å². The van der Waals surface area contributed by atoms with Gasteiger partial charge in [-0.1, -0.05) is 16.9 Å². The van der Waals surface area contributed by atoms with Gasteiger partial charge in [0.1, 0.15) is 11.9 Å². The van der Waals surface area contributed by atoms with Crippen LogP contribution in [-0.4, -0.2) is 38.6 Å². The molecule has 1 saturated heterocycles. The lowest BCUT2D eigenvalue weighted by Gasteiger charge is -2.02. The molecule has 2 aromatic rings. The van der Waals surface area contributed by atoms with E-state index in [4.69, 9.17) is 9.26 Å². The molecular weight excluding hydrogens is 294 g/mol. The zero-order valence-electron chi connectivity index (χ0n) is 11.5. The maximum Gasteiger partial charge on any atom is 0.236 e. The molecule has 0 spiro atoms. The second kappa shape index (κ2) is 6.27. The van der Waals surface area contributed by atoms with E-state index < -0.39 is 0 Å². The molecule has 0 radical (unpaired) electrons. The normalized spacial score (nSPS) is 18.0. The molecule has 1 aliphatic rings. The zero-order valence-corrected chi connectivity index (χ0v) is 12.3. The summed E-state index contributed by atoms with van der Waals surface area (Å²) < 4.78 is 10.4. The van der Waals surface area contributed by atoms with Crippen molar-refractivity contribution in [2.75, 3.05) is 17.7 Å². The number of H-pyrrole nitrogens is 1. The van der Waals surface area contributed by atoms with E-state index in [2.05, 4.69) is 25.7 Å². The van der Waals surface area contributed by atoms with Crippen LogP contribution in [0.1, 0.15) is 30.5 Å². The molecule has 0 saturated carbocycles. The SMILES string of the molecule is Cc1cc(NC(=O)CSc2n[nH]c(C3CCCO3)n2)no1. The molecule has 8 nitrogen and oxygen atoms in total. The fourth-order valence-corrected chi connectivity index (χ4v) is 2.60. The number of anilines is 1. The van der Waals surface area contributed by atoms with Crippen LogP contribution in [0.15, 0.2) is 15.7 Å². The highest BCUT2D eigenvalue weighted by Gasteiger charge is 2.21. The molecule has 1 amide bonds. The summed E-state index contributed by atoms with van der Waals surface area (Å²) in [7, 11) is 0. The lowest BCUT2D eigenvalue weighted by atomic mass is 10.2. The van der Waals surface area contributed by atoms with Gasteiger partial charge in [-0.15, -0.1) is 5.10 Å². The first-order valence-electron chi connectivity index (χ1n) is 6.60. The van der Waals surface area contributed by atoms with Gasteiger partial charge in [-0.3, -0.25) is 9.89 Å². The second-order valence-corrected chi connectivity index (χ2v) is 5.61. The van der Waals surface area contributed by atoms with Crippen molar-refractivity contribution in [1.29, 1.82) is 0 Å². The summed E-state index contributed by atoms with van der Waals surface area (Å²) in [6, 6.07) is 1.66. The lowest BCUT2D eigenvalue weighted by molar-refractivity contribution is -0.113. The van der Waals surface area contributed by atoms with Gasteiger partial charge in [0.05, 0.1) is 5.75 Å². The Morgan fingerprint density at radius 1 is 1.62 bits per heavy atom. The number of aromatic amines is 1. The minimum Gasteiger partial charge on any atom is -0.370 e. The molecule has 2 aromatic heterocycles. The molecule has 0 aromatic carbocycles. The number of aromatic nitrogens is 4. The fraction of sp³-hybridized carbons (Fsp3) is 0.500. The third kappa shape index (κ3) is 3.61. The van der Waals surface area contributed by atoms with Gasteiger partial charge in [0, 0.05) is 12.7 Å². The van der Waals surface area contributed by atoms with E-state index >= 15 is 0 Å². The molecule has 112 valence electrons. The Hall–Kier alpha value is -1.87. The van der Waals surface area contributed by atoms with Gasteiger partial charge in [-0.2, -0.15) is 0 Å². The first-order valence-corrected chi connectivity index (χ1v) is 7.59. The number of hydrogen-bond donors (Lipinski definition) is 2. The second-order valence-electron chi connectivity index (χ2n) is 4.66. The molecule has 21 heavy (non-hydrogen) atoms. The zero-order chi connectivity index (χ0) is 14.7. The van der Waals surface area contributed by atoms with Crippen LogP contribution in [0.25, 0.3) is 0 Å². The van der Waals surface area contributed by atoms with E-state index in [9.17, 15) is 4.79 Å².